The van der Waals surface area contributed by atoms with Crippen molar-refractivity contribution < 1.29 is 9.31 Å². The van der Waals surface area contributed by atoms with Crippen LogP contribution in [-0.4, -0.2) is 28.0 Å². The van der Waals surface area contributed by atoms with Crippen LogP contribution in [0.15, 0.2) is 136 Å². The number of benzene rings is 5. The minimum atomic E-state index is 0.440. The summed E-state index contributed by atoms with van der Waals surface area (Å²) in [5.41, 5.74) is 8.20. The minimum Gasteiger partial charge on any atom is -0.494 e. The molecule has 0 spiro atoms. The van der Waals surface area contributed by atoms with Crippen molar-refractivity contribution in [1.82, 2.24) is 4.57 Å². The number of aromatic nitrogens is 1. The Balaban J connectivity index is 1.26. The van der Waals surface area contributed by atoms with Gasteiger partial charge >= 0.3 is 0 Å². The standard InChI is InChI=1S/C51H55N2OS/c1-5-8-33-52-45(43-19-11-15-37-17-13-21-47(52)49(37)43)31-25-39-24-23-36(4)42(51(39)55-41-28-26-40(27-29-41)54-35-10-7-3)30-32-46-44-20-12-16-38-18-14-22-48(50(38)44)53(46)34-9-6-2/h11-22,25-32,36H,5-10,23-24,33-35H2,1-4H3/q+1. The molecule has 1 aliphatic carbocycles. The highest BCUT2D eigenvalue weighted by atomic mass is 32.2. The van der Waals surface area contributed by atoms with Gasteiger partial charge in [0.1, 0.15) is 12.3 Å². The first-order valence-electron chi connectivity index (χ1n) is 20.8. The Morgan fingerprint density at radius 1 is 0.764 bits per heavy atom. The Labute approximate surface area is 331 Å². The number of aryl methyl sites for hydroxylation is 1. The van der Waals surface area contributed by atoms with Crippen molar-refractivity contribution in [3.63, 3.8) is 0 Å². The molecule has 0 saturated heterocycles. The van der Waals surface area contributed by atoms with Gasteiger partial charge in [-0.05, 0) is 96.0 Å². The zero-order valence-corrected chi connectivity index (χ0v) is 33.9. The third-order valence-electron chi connectivity index (χ3n) is 11.6. The first-order chi connectivity index (χ1) is 27.1. The van der Waals surface area contributed by atoms with Crippen LogP contribution < -0.4 is 10.1 Å². The minimum absolute atomic E-state index is 0.440. The van der Waals surface area contributed by atoms with Gasteiger partial charge in [-0.25, -0.2) is 0 Å². The maximum Gasteiger partial charge on any atom is 0.214 e. The molecule has 1 atom stereocenters. The molecular weight excluding hydrogens is 689 g/mol. The molecule has 8 rings (SSSR count). The van der Waals surface area contributed by atoms with E-state index in [1.165, 1.54) is 88.5 Å². The molecule has 2 aliphatic rings. The van der Waals surface area contributed by atoms with E-state index in [9.17, 15) is 0 Å². The van der Waals surface area contributed by atoms with Crippen molar-refractivity contribution in [3.8, 4) is 5.75 Å². The number of allylic oxidation sites excluding steroid dienone is 5. The average molecular weight is 744 g/mol. The number of rotatable bonds is 15. The lowest BCUT2D eigenvalue weighted by Crippen LogP contribution is -2.17. The fourth-order valence-electron chi connectivity index (χ4n) is 8.52. The van der Waals surface area contributed by atoms with Crippen LogP contribution in [0.4, 0.5) is 5.69 Å². The number of hydrogen-bond donors (Lipinski definition) is 0. The lowest BCUT2D eigenvalue weighted by Gasteiger charge is -2.27. The van der Waals surface area contributed by atoms with Gasteiger partial charge in [-0.1, -0.05) is 125 Å². The van der Waals surface area contributed by atoms with E-state index in [0.717, 1.165) is 64.0 Å². The molecule has 0 N–H and O–H groups in total. The van der Waals surface area contributed by atoms with Gasteiger partial charge in [-0.2, -0.15) is 4.58 Å². The lowest BCUT2D eigenvalue weighted by molar-refractivity contribution is -0.436. The highest BCUT2D eigenvalue weighted by Gasteiger charge is 2.30. The van der Waals surface area contributed by atoms with Gasteiger partial charge in [0, 0.05) is 56.5 Å². The van der Waals surface area contributed by atoms with Crippen LogP contribution >= 0.6 is 11.8 Å². The topological polar surface area (TPSA) is 17.2 Å². The fourth-order valence-corrected chi connectivity index (χ4v) is 9.72. The fraction of sp³-hybridized carbons (Fsp3) is 0.314. The second-order valence-corrected chi connectivity index (χ2v) is 16.4. The third kappa shape index (κ3) is 7.46. The second-order valence-electron chi connectivity index (χ2n) is 15.3. The predicted molar refractivity (Wildman–Crippen MR) is 237 cm³/mol. The van der Waals surface area contributed by atoms with E-state index in [-0.39, 0.29) is 0 Å². The van der Waals surface area contributed by atoms with Crippen molar-refractivity contribution in [2.45, 2.75) is 90.5 Å². The molecule has 1 unspecified atom stereocenters. The van der Waals surface area contributed by atoms with Gasteiger partial charge in [-0.15, -0.1) is 0 Å². The molecule has 6 aromatic rings. The molecule has 5 aromatic carbocycles. The molecule has 280 valence electrons. The molecule has 3 nitrogen and oxygen atoms in total. The normalized spacial score (nSPS) is 17.1. The van der Waals surface area contributed by atoms with Gasteiger partial charge in [0.25, 0.3) is 0 Å². The summed E-state index contributed by atoms with van der Waals surface area (Å²) >= 11 is 1.92. The lowest BCUT2D eigenvalue weighted by atomic mass is 9.85. The second kappa shape index (κ2) is 16.9. The number of ether oxygens (including phenoxy) is 1. The summed E-state index contributed by atoms with van der Waals surface area (Å²) in [6, 6.07) is 35.9. The van der Waals surface area contributed by atoms with E-state index in [1.807, 2.05) is 11.8 Å². The van der Waals surface area contributed by atoms with Crippen molar-refractivity contribution >= 4 is 61.7 Å². The number of hydrogen-bond acceptors (Lipinski definition) is 2. The molecular formula is C51H55N2OS+. The van der Waals surface area contributed by atoms with Crippen LogP contribution in [0.3, 0.4) is 0 Å². The smallest absolute Gasteiger partial charge is 0.214 e. The van der Waals surface area contributed by atoms with Crippen molar-refractivity contribution in [3.05, 3.63) is 142 Å². The molecule has 0 amide bonds. The Kier molecular flexibility index (Phi) is 11.4. The molecule has 55 heavy (non-hydrogen) atoms. The van der Waals surface area contributed by atoms with Crippen molar-refractivity contribution in [1.29, 1.82) is 0 Å². The maximum atomic E-state index is 6.05. The number of unbranched alkanes of at least 4 members (excludes halogenated alkanes) is 3. The first-order valence-corrected chi connectivity index (χ1v) is 21.6. The largest absolute Gasteiger partial charge is 0.494 e. The van der Waals surface area contributed by atoms with E-state index in [0.29, 0.717) is 5.92 Å². The van der Waals surface area contributed by atoms with E-state index in [2.05, 4.69) is 158 Å². The third-order valence-corrected chi connectivity index (χ3v) is 12.8. The molecule has 4 heteroatoms. The monoisotopic (exact) mass is 743 g/mol. The van der Waals surface area contributed by atoms with E-state index < -0.39 is 0 Å². The number of nitrogens with zero attached hydrogens (tertiary/aromatic N) is 2. The highest BCUT2D eigenvalue weighted by Crippen LogP contribution is 2.45. The summed E-state index contributed by atoms with van der Waals surface area (Å²) < 4.78 is 11.2. The molecule has 0 fully saturated rings. The summed E-state index contributed by atoms with van der Waals surface area (Å²) in [4.78, 5) is 2.63. The zero-order chi connectivity index (χ0) is 37.7. The van der Waals surface area contributed by atoms with E-state index >= 15 is 0 Å². The van der Waals surface area contributed by atoms with Gasteiger partial charge < -0.3 is 9.30 Å². The molecule has 2 heterocycles. The van der Waals surface area contributed by atoms with Gasteiger partial charge in [-0.3, -0.25) is 0 Å². The van der Waals surface area contributed by atoms with Gasteiger partial charge in [0.15, 0.2) is 0 Å². The van der Waals surface area contributed by atoms with Crippen LogP contribution in [0.2, 0.25) is 0 Å². The molecule has 0 saturated carbocycles. The first kappa shape index (κ1) is 37.1. The summed E-state index contributed by atoms with van der Waals surface area (Å²) in [7, 11) is 0. The van der Waals surface area contributed by atoms with Gasteiger partial charge in [0.05, 0.1) is 17.6 Å². The Morgan fingerprint density at radius 3 is 2.27 bits per heavy atom. The Bertz CT molecular complexity index is 2500. The summed E-state index contributed by atoms with van der Waals surface area (Å²) in [6.07, 6.45) is 18.8. The molecule has 0 bridgehead atoms. The van der Waals surface area contributed by atoms with Crippen LogP contribution in [0.25, 0.3) is 38.5 Å². The Hall–Kier alpha value is -4.80. The quantitative estimate of drug-likeness (QED) is 0.0770. The van der Waals surface area contributed by atoms with Crippen LogP contribution in [0.5, 0.6) is 5.75 Å². The Morgan fingerprint density at radius 2 is 1.49 bits per heavy atom. The molecule has 0 radical (unpaired) electrons. The average Bonchev–Trinajstić information content (AvgIpc) is 3.69. The SMILES string of the molecule is CCCCOc1ccc(SC2=C(/C=C/C3=[N+](CCCC)c4cccc5cccc3c45)CCC(C)/C2=C\C=c2/c3cccc4cccc(c43)n2CCCC)cc1. The molecule has 1 aromatic heterocycles. The highest BCUT2D eigenvalue weighted by molar-refractivity contribution is 8.03. The summed E-state index contributed by atoms with van der Waals surface area (Å²) in [5.74, 6) is 1.39. The van der Waals surface area contributed by atoms with Crippen molar-refractivity contribution in [2.24, 2.45) is 5.92 Å². The van der Waals surface area contributed by atoms with E-state index in [1.54, 1.807) is 0 Å². The van der Waals surface area contributed by atoms with Crippen LogP contribution in [-0.2, 0) is 6.54 Å². The van der Waals surface area contributed by atoms with Crippen molar-refractivity contribution in [2.75, 3.05) is 13.2 Å². The number of thioether (sulfide) groups is 1. The molecule has 1 aliphatic heterocycles. The summed E-state index contributed by atoms with van der Waals surface area (Å²) in [5, 5.41) is 8.07. The van der Waals surface area contributed by atoms with Crippen LogP contribution in [0, 0.1) is 5.92 Å². The zero-order valence-electron chi connectivity index (χ0n) is 33.1. The van der Waals surface area contributed by atoms with Gasteiger partial charge in [0.2, 0.25) is 11.4 Å². The predicted octanol–water partition coefficient (Wildman–Crippen LogP) is 13.3. The summed E-state index contributed by atoms with van der Waals surface area (Å²) in [6.45, 7) is 12.0. The van der Waals surface area contributed by atoms with Crippen LogP contribution in [0.1, 0.15) is 84.6 Å². The van der Waals surface area contributed by atoms with E-state index in [4.69, 9.17) is 4.74 Å². The maximum absolute atomic E-state index is 6.05.